The fraction of sp³-hybridized carbons (Fsp3) is 0.818. The topological polar surface area (TPSA) is 18.5 Å². The van der Waals surface area contributed by atoms with Gasteiger partial charge in [0.05, 0.1) is 5.60 Å². The first-order valence-electron chi connectivity index (χ1n) is 4.83. The van der Waals surface area contributed by atoms with E-state index in [0.717, 1.165) is 19.4 Å². The summed E-state index contributed by atoms with van der Waals surface area (Å²) in [6, 6.07) is 0. The summed E-state index contributed by atoms with van der Waals surface area (Å²) < 4.78 is 11.2. The molecule has 0 radical (unpaired) electrons. The zero-order chi connectivity index (χ0) is 9.73. The summed E-state index contributed by atoms with van der Waals surface area (Å²) in [7, 11) is 0. The average Bonchev–Trinajstić information content (AvgIpc) is 2.04. The van der Waals surface area contributed by atoms with Crippen LogP contribution in [0, 0.1) is 12.3 Å². The van der Waals surface area contributed by atoms with E-state index in [9.17, 15) is 0 Å². The summed E-state index contributed by atoms with van der Waals surface area (Å²) in [5, 5.41) is 0. The Morgan fingerprint density at radius 2 is 2.21 bits per heavy atom. The van der Waals surface area contributed by atoms with Gasteiger partial charge >= 0.3 is 18.9 Å². The van der Waals surface area contributed by atoms with Crippen LogP contribution in [0.4, 0.5) is 0 Å². The predicted molar refractivity (Wildman–Crippen MR) is 50.5 cm³/mol. The molecule has 1 atom stereocenters. The van der Waals surface area contributed by atoms with Crippen LogP contribution in [-0.4, -0.2) is 18.5 Å². The summed E-state index contributed by atoms with van der Waals surface area (Å²) in [4.78, 5) is 0. The maximum Gasteiger partial charge on any atom is 1.00 e. The zero-order valence-electron chi connectivity index (χ0n) is 9.43. The van der Waals surface area contributed by atoms with Crippen molar-refractivity contribution in [3.05, 3.63) is 6.42 Å². The molecule has 1 aliphatic heterocycles. The van der Waals surface area contributed by atoms with Crippen molar-refractivity contribution in [3.8, 4) is 5.92 Å². The molecular weight excluding hydrogens is 171 g/mol. The van der Waals surface area contributed by atoms with Crippen LogP contribution in [0.15, 0.2) is 0 Å². The minimum atomic E-state index is -0.316. The second kappa shape index (κ2) is 6.54. The zero-order valence-corrected chi connectivity index (χ0v) is 9.43. The smallest absolute Gasteiger partial charge is 0.694 e. The molecule has 1 aliphatic rings. The van der Waals surface area contributed by atoms with E-state index >= 15 is 0 Å². The Kier molecular flexibility index (Phi) is 6.58. The van der Waals surface area contributed by atoms with E-state index in [0.29, 0.717) is 6.42 Å². The van der Waals surface area contributed by atoms with E-state index in [2.05, 4.69) is 5.92 Å². The minimum absolute atomic E-state index is 0. The van der Waals surface area contributed by atoms with Crippen LogP contribution in [-0.2, 0) is 9.47 Å². The van der Waals surface area contributed by atoms with Gasteiger partial charge in [-0.05, 0) is 39.5 Å². The molecule has 0 aromatic rings. The molecular formula is C11H17LiO2. The van der Waals surface area contributed by atoms with Crippen LogP contribution in [0.1, 0.15) is 39.5 Å². The third-order valence-corrected chi connectivity index (χ3v) is 2.10. The average molecular weight is 188 g/mol. The van der Waals surface area contributed by atoms with E-state index in [-0.39, 0.29) is 30.8 Å². The van der Waals surface area contributed by atoms with Crippen molar-refractivity contribution in [3.63, 3.8) is 0 Å². The van der Waals surface area contributed by atoms with Crippen molar-refractivity contribution in [2.45, 2.75) is 51.4 Å². The fourth-order valence-corrected chi connectivity index (χ4v) is 1.41. The molecule has 0 N–H and O–H groups in total. The Labute approximate surface area is 98.9 Å². The first-order valence-corrected chi connectivity index (χ1v) is 4.83. The molecule has 1 fully saturated rings. The van der Waals surface area contributed by atoms with Crippen molar-refractivity contribution in [2.24, 2.45) is 0 Å². The maximum atomic E-state index is 6.90. The van der Waals surface area contributed by atoms with E-state index < -0.39 is 0 Å². The maximum absolute atomic E-state index is 6.90. The standard InChI is InChI=1S/C11H17O2.Li/c1-4-8-11(2,3)13-10-7-5-6-9-12-10;/h10H,5-9H2,2-3H3;/q-1;+1. The number of hydrogen-bond donors (Lipinski definition) is 0. The quantitative estimate of drug-likeness (QED) is 0.331. The van der Waals surface area contributed by atoms with Crippen molar-refractivity contribution in [2.75, 3.05) is 6.61 Å². The van der Waals surface area contributed by atoms with Gasteiger partial charge in [0.1, 0.15) is 0 Å². The summed E-state index contributed by atoms with van der Waals surface area (Å²) >= 11 is 0. The van der Waals surface area contributed by atoms with Gasteiger partial charge in [0.25, 0.3) is 0 Å². The van der Waals surface area contributed by atoms with Gasteiger partial charge in [-0.1, -0.05) is 0 Å². The molecule has 74 valence electrons. The monoisotopic (exact) mass is 188 g/mol. The number of rotatable bonds is 3. The SMILES string of the molecule is [C-]#CCC(C)(C)OC1CCCCO1.[Li+]. The molecule has 0 aromatic carbocycles. The van der Waals surface area contributed by atoms with Crippen LogP contribution in [0.25, 0.3) is 0 Å². The van der Waals surface area contributed by atoms with Crippen molar-refractivity contribution < 1.29 is 28.3 Å². The van der Waals surface area contributed by atoms with Crippen LogP contribution >= 0.6 is 0 Å². The molecule has 0 spiro atoms. The van der Waals surface area contributed by atoms with Gasteiger partial charge in [0, 0.05) is 6.61 Å². The van der Waals surface area contributed by atoms with Gasteiger partial charge < -0.3 is 21.8 Å². The minimum Gasteiger partial charge on any atom is -0.694 e. The van der Waals surface area contributed by atoms with E-state index in [4.69, 9.17) is 15.9 Å². The third-order valence-electron chi connectivity index (χ3n) is 2.10. The molecule has 1 heterocycles. The molecule has 3 heteroatoms. The molecule has 1 rings (SSSR count). The molecule has 0 saturated carbocycles. The number of hydrogen-bond acceptors (Lipinski definition) is 2. The number of ether oxygens (including phenoxy) is 2. The summed E-state index contributed by atoms with van der Waals surface area (Å²) in [5.74, 6) is 2.37. The van der Waals surface area contributed by atoms with Gasteiger partial charge in [0.15, 0.2) is 6.29 Å². The van der Waals surface area contributed by atoms with Crippen LogP contribution in [0.2, 0.25) is 0 Å². The molecule has 2 nitrogen and oxygen atoms in total. The van der Waals surface area contributed by atoms with Crippen LogP contribution in [0.5, 0.6) is 0 Å². The van der Waals surface area contributed by atoms with Gasteiger partial charge in [0.2, 0.25) is 0 Å². The molecule has 0 aromatic heterocycles. The second-order valence-electron chi connectivity index (χ2n) is 4.03. The Hall–Kier alpha value is 0.0774. The van der Waals surface area contributed by atoms with E-state index in [1.165, 1.54) is 6.42 Å². The molecule has 1 unspecified atom stereocenters. The van der Waals surface area contributed by atoms with Gasteiger partial charge in [-0.2, -0.15) is 0 Å². The molecule has 14 heavy (non-hydrogen) atoms. The predicted octanol–water partition coefficient (Wildman–Crippen LogP) is -0.708. The first-order chi connectivity index (χ1) is 6.14. The largest absolute Gasteiger partial charge is 1.00 e. The third kappa shape index (κ3) is 5.08. The normalized spacial score (nSPS) is 22.2. The fourth-order valence-electron chi connectivity index (χ4n) is 1.41. The van der Waals surface area contributed by atoms with Gasteiger partial charge in [-0.25, -0.2) is 0 Å². The van der Waals surface area contributed by atoms with Crippen LogP contribution < -0.4 is 18.9 Å². The second-order valence-corrected chi connectivity index (χ2v) is 4.03. The van der Waals surface area contributed by atoms with Crippen molar-refractivity contribution in [1.29, 1.82) is 0 Å². The van der Waals surface area contributed by atoms with E-state index in [1.54, 1.807) is 0 Å². The van der Waals surface area contributed by atoms with Gasteiger partial charge in [-0.15, -0.1) is 0 Å². The van der Waals surface area contributed by atoms with Crippen molar-refractivity contribution >= 4 is 0 Å². The van der Waals surface area contributed by atoms with Crippen LogP contribution in [0.3, 0.4) is 0 Å². The Morgan fingerprint density at radius 3 is 2.71 bits per heavy atom. The molecule has 0 bridgehead atoms. The molecule has 0 amide bonds. The Bertz CT molecular complexity index is 190. The summed E-state index contributed by atoms with van der Waals surface area (Å²) in [5.41, 5.74) is -0.316. The Balaban J connectivity index is 0.00000169. The summed E-state index contributed by atoms with van der Waals surface area (Å²) in [6.45, 7) is 4.73. The molecule has 1 saturated heterocycles. The van der Waals surface area contributed by atoms with Crippen molar-refractivity contribution in [1.82, 2.24) is 0 Å². The van der Waals surface area contributed by atoms with E-state index in [1.807, 2.05) is 13.8 Å². The summed E-state index contributed by atoms with van der Waals surface area (Å²) in [6.07, 6.45) is 10.6. The molecule has 0 aliphatic carbocycles. The Morgan fingerprint density at radius 1 is 1.50 bits per heavy atom. The van der Waals surface area contributed by atoms with Gasteiger partial charge in [-0.3, -0.25) is 0 Å². The first kappa shape index (κ1) is 14.1.